The molecule has 0 fully saturated rings. The van der Waals surface area contributed by atoms with E-state index in [-0.39, 0.29) is 0 Å². The molecule has 0 amide bonds. The average Bonchev–Trinajstić information content (AvgIpc) is 2.46. The van der Waals surface area contributed by atoms with E-state index in [2.05, 4.69) is 55.5 Å². The van der Waals surface area contributed by atoms with Crippen molar-refractivity contribution >= 4 is 21.5 Å². The number of hydrogen-bond acceptors (Lipinski definition) is 1. The maximum Gasteiger partial charge on any atom is 0.00853 e. The van der Waals surface area contributed by atoms with Gasteiger partial charge in [0.2, 0.25) is 0 Å². The Balaban J connectivity index is 2.09. The second-order valence-electron chi connectivity index (χ2n) is 6.12. The van der Waals surface area contributed by atoms with Crippen molar-refractivity contribution in [1.82, 2.24) is 0 Å². The molecule has 3 aromatic carbocycles. The van der Waals surface area contributed by atoms with Crippen LogP contribution in [0.5, 0.6) is 0 Å². The quantitative estimate of drug-likeness (QED) is 0.597. The predicted molar refractivity (Wildman–Crippen MR) is 86.2 cm³/mol. The first kappa shape index (κ1) is 11.9. The fourth-order valence-electron chi connectivity index (χ4n) is 3.78. The monoisotopic (exact) mass is 261 g/mol. The number of fused-ring (bicyclic) bond motifs is 5. The van der Waals surface area contributed by atoms with Crippen LogP contribution in [0.3, 0.4) is 0 Å². The number of nitrogens with two attached hydrogens (primary N) is 1. The summed E-state index contributed by atoms with van der Waals surface area (Å²) in [7, 11) is 0. The van der Waals surface area contributed by atoms with Gasteiger partial charge in [0, 0.05) is 6.04 Å². The minimum absolute atomic E-state index is 0.301. The Morgan fingerprint density at radius 3 is 2.60 bits per heavy atom. The standard InChI is InChI=1S/C19H19N/c1-12-10-14(20)11-19-15(12)8-9-17-16-5-3-2-4-13(16)6-7-18(17)19/h2-9,12,14H,10-11,20H2,1H3. The van der Waals surface area contributed by atoms with Crippen LogP contribution >= 0.6 is 0 Å². The summed E-state index contributed by atoms with van der Waals surface area (Å²) in [6.45, 7) is 2.30. The van der Waals surface area contributed by atoms with Gasteiger partial charge in [-0.1, -0.05) is 55.5 Å². The summed E-state index contributed by atoms with van der Waals surface area (Å²) in [4.78, 5) is 0. The lowest BCUT2D eigenvalue weighted by Crippen LogP contribution is -2.29. The first-order valence-electron chi connectivity index (χ1n) is 7.43. The molecule has 1 nitrogen and oxygen atoms in total. The van der Waals surface area contributed by atoms with Crippen molar-refractivity contribution in [1.29, 1.82) is 0 Å². The summed E-state index contributed by atoms with van der Waals surface area (Å²) in [5.74, 6) is 0.574. The van der Waals surface area contributed by atoms with Gasteiger partial charge in [-0.3, -0.25) is 0 Å². The normalized spacial score (nSPS) is 22.1. The second-order valence-corrected chi connectivity index (χ2v) is 6.12. The summed E-state index contributed by atoms with van der Waals surface area (Å²) in [5, 5.41) is 5.42. The average molecular weight is 261 g/mol. The fourth-order valence-corrected chi connectivity index (χ4v) is 3.78. The van der Waals surface area contributed by atoms with Gasteiger partial charge in [-0.05, 0) is 51.4 Å². The Hall–Kier alpha value is -1.86. The Bertz CT molecular complexity index is 803. The van der Waals surface area contributed by atoms with Gasteiger partial charge in [-0.25, -0.2) is 0 Å². The second kappa shape index (κ2) is 4.32. The van der Waals surface area contributed by atoms with Gasteiger partial charge in [-0.2, -0.15) is 0 Å². The zero-order chi connectivity index (χ0) is 13.7. The SMILES string of the molecule is CC1CC(N)Cc2c1ccc1c2ccc2ccccc21. The maximum absolute atomic E-state index is 6.24. The smallest absolute Gasteiger partial charge is 0.00853 e. The highest BCUT2D eigenvalue weighted by Crippen LogP contribution is 2.37. The molecule has 1 aliphatic carbocycles. The highest BCUT2D eigenvalue weighted by Gasteiger charge is 2.23. The zero-order valence-electron chi connectivity index (χ0n) is 11.8. The summed E-state index contributed by atoms with van der Waals surface area (Å²) in [6, 6.07) is 18.1. The van der Waals surface area contributed by atoms with Crippen LogP contribution in [0.1, 0.15) is 30.4 Å². The molecular weight excluding hydrogens is 242 g/mol. The van der Waals surface area contributed by atoms with E-state index >= 15 is 0 Å². The van der Waals surface area contributed by atoms with Gasteiger partial charge in [0.1, 0.15) is 0 Å². The molecule has 0 radical (unpaired) electrons. The van der Waals surface area contributed by atoms with Gasteiger partial charge < -0.3 is 5.73 Å². The van der Waals surface area contributed by atoms with Crippen molar-refractivity contribution < 1.29 is 0 Å². The van der Waals surface area contributed by atoms with Crippen molar-refractivity contribution in [2.24, 2.45) is 5.73 Å². The Labute approximate surface area is 119 Å². The molecule has 0 spiro atoms. The Morgan fingerprint density at radius 2 is 1.70 bits per heavy atom. The van der Waals surface area contributed by atoms with Crippen LogP contribution < -0.4 is 5.73 Å². The summed E-state index contributed by atoms with van der Waals surface area (Å²) in [5.41, 5.74) is 9.21. The summed E-state index contributed by atoms with van der Waals surface area (Å²) >= 11 is 0. The van der Waals surface area contributed by atoms with Crippen LogP contribution in [0.4, 0.5) is 0 Å². The number of hydrogen-bond donors (Lipinski definition) is 1. The minimum atomic E-state index is 0.301. The van der Waals surface area contributed by atoms with Gasteiger partial charge in [0.25, 0.3) is 0 Å². The lowest BCUT2D eigenvalue weighted by molar-refractivity contribution is 0.515. The maximum atomic E-state index is 6.24. The van der Waals surface area contributed by atoms with E-state index < -0.39 is 0 Å². The highest BCUT2D eigenvalue weighted by molar-refractivity contribution is 6.08. The van der Waals surface area contributed by atoms with E-state index in [0.29, 0.717) is 12.0 Å². The van der Waals surface area contributed by atoms with Crippen LogP contribution in [0, 0.1) is 0 Å². The molecule has 0 aliphatic heterocycles. The molecule has 0 heterocycles. The third-order valence-corrected chi connectivity index (χ3v) is 4.73. The molecule has 2 N–H and O–H groups in total. The van der Waals surface area contributed by atoms with E-state index in [0.717, 1.165) is 12.8 Å². The molecule has 4 rings (SSSR count). The topological polar surface area (TPSA) is 26.0 Å². The third-order valence-electron chi connectivity index (χ3n) is 4.73. The molecule has 1 aliphatic rings. The van der Waals surface area contributed by atoms with Gasteiger partial charge in [-0.15, -0.1) is 0 Å². The van der Waals surface area contributed by atoms with Gasteiger partial charge in [0.15, 0.2) is 0 Å². The van der Waals surface area contributed by atoms with Crippen LogP contribution in [-0.2, 0) is 6.42 Å². The van der Waals surface area contributed by atoms with Crippen molar-refractivity contribution in [3.8, 4) is 0 Å². The van der Waals surface area contributed by atoms with E-state index in [9.17, 15) is 0 Å². The molecule has 100 valence electrons. The zero-order valence-corrected chi connectivity index (χ0v) is 11.8. The molecule has 3 aromatic rings. The van der Waals surface area contributed by atoms with Crippen LogP contribution in [-0.4, -0.2) is 6.04 Å². The molecule has 0 aromatic heterocycles. The Kier molecular flexibility index (Phi) is 2.58. The van der Waals surface area contributed by atoms with E-state index in [1.54, 1.807) is 0 Å². The van der Waals surface area contributed by atoms with Crippen LogP contribution in [0.2, 0.25) is 0 Å². The molecular formula is C19H19N. The van der Waals surface area contributed by atoms with Crippen LogP contribution in [0.25, 0.3) is 21.5 Å². The molecule has 2 unspecified atom stereocenters. The van der Waals surface area contributed by atoms with Crippen molar-refractivity contribution in [3.63, 3.8) is 0 Å². The van der Waals surface area contributed by atoms with Crippen molar-refractivity contribution in [3.05, 3.63) is 59.7 Å². The first-order valence-corrected chi connectivity index (χ1v) is 7.43. The lowest BCUT2D eigenvalue weighted by Gasteiger charge is -2.28. The van der Waals surface area contributed by atoms with Crippen molar-refractivity contribution in [2.75, 3.05) is 0 Å². The van der Waals surface area contributed by atoms with Crippen molar-refractivity contribution in [2.45, 2.75) is 31.7 Å². The number of benzene rings is 3. The third kappa shape index (κ3) is 1.66. The Morgan fingerprint density at radius 1 is 0.900 bits per heavy atom. The largest absolute Gasteiger partial charge is 0.327 e. The highest BCUT2D eigenvalue weighted by atomic mass is 14.6. The van der Waals surface area contributed by atoms with E-state index in [1.807, 2.05) is 0 Å². The minimum Gasteiger partial charge on any atom is -0.327 e. The van der Waals surface area contributed by atoms with Gasteiger partial charge >= 0.3 is 0 Å². The van der Waals surface area contributed by atoms with Gasteiger partial charge in [0.05, 0.1) is 0 Å². The fraction of sp³-hybridized carbons (Fsp3) is 0.263. The molecule has 0 saturated heterocycles. The summed E-state index contributed by atoms with van der Waals surface area (Å²) < 4.78 is 0. The predicted octanol–water partition coefficient (Wildman–Crippen LogP) is 4.37. The van der Waals surface area contributed by atoms with E-state index in [1.165, 1.54) is 32.7 Å². The summed E-state index contributed by atoms with van der Waals surface area (Å²) in [6.07, 6.45) is 2.11. The first-order chi connectivity index (χ1) is 9.74. The molecule has 1 heteroatoms. The lowest BCUT2D eigenvalue weighted by atomic mass is 9.79. The molecule has 0 saturated carbocycles. The number of rotatable bonds is 0. The molecule has 20 heavy (non-hydrogen) atoms. The van der Waals surface area contributed by atoms with E-state index in [4.69, 9.17) is 5.73 Å². The van der Waals surface area contributed by atoms with Crippen LogP contribution in [0.15, 0.2) is 48.5 Å². The molecule has 2 atom stereocenters. The molecule has 0 bridgehead atoms.